The van der Waals surface area contributed by atoms with E-state index in [0.717, 1.165) is 4.68 Å². The van der Waals surface area contributed by atoms with Crippen LogP contribution >= 0.6 is 23.2 Å². The number of hydrogen-bond acceptors (Lipinski definition) is 7. The van der Waals surface area contributed by atoms with Crippen molar-refractivity contribution in [3.8, 4) is 11.3 Å². The van der Waals surface area contributed by atoms with Gasteiger partial charge in [-0.1, -0.05) is 35.3 Å². The van der Waals surface area contributed by atoms with E-state index in [9.17, 15) is 14.7 Å². The number of anilines is 1. The number of ether oxygens (including phenoxy) is 1. The number of piperidine rings is 1. The minimum Gasteiger partial charge on any atom is -0.463 e. The van der Waals surface area contributed by atoms with Gasteiger partial charge in [-0.2, -0.15) is 5.10 Å². The second kappa shape index (κ2) is 9.40. The summed E-state index contributed by atoms with van der Waals surface area (Å²) in [7, 11) is 0. The molecule has 0 bridgehead atoms. The summed E-state index contributed by atoms with van der Waals surface area (Å²) >= 11 is 12.6. The van der Waals surface area contributed by atoms with Crippen molar-refractivity contribution in [3.63, 3.8) is 0 Å². The Bertz CT molecular complexity index is 1340. The zero-order valence-electron chi connectivity index (χ0n) is 20.7. The number of alkyl carbamates (subject to hydrolysis) is 1. The van der Waals surface area contributed by atoms with Crippen LogP contribution in [0.25, 0.3) is 22.4 Å². The fourth-order valence-corrected chi connectivity index (χ4v) is 4.58. The van der Waals surface area contributed by atoms with E-state index in [1.807, 2.05) is 39.5 Å². The van der Waals surface area contributed by atoms with Gasteiger partial charge in [0.05, 0.1) is 15.7 Å². The third-order valence-corrected chi connectivity index (χ3v) is 6.83. The molecule has 2 aromatic heterocycles. The van der Waals surface area contributed by atoms with E-state index in [0.29, 0.717) is 53.5 Å². The van der Waals surface area contributed by atoms with Crippen LogP contribution in [-0.2, 0) is 4.74 Å². The minimum atomic E-state index is -1.29. The molecule has 1 aromatic carbocycles. The van der Waals surface area contributed by atoms with E-state index in [1.54, 1.807) is 18.2 Å². The Labute approximate surface area is 218 Å². The maximum atomic E-state index is 12.3. The smallest absolute Gasteiger partial charge is 0.434 e. The van der Waals surface area contributed by atoms with E-state index in [2.05, 4.69) is 20.4 Å². The molecule has 1 amide bonds. The first-order valence-corrected chi connectivity index (χ1v) is 12.2. The molecule has 3 heterocycles. The molecule has 1 fully saturated rings. The van der Waals surface area contributed by atoms with Crippen molar-refractivity contribution in [2.75, 3.05) is 18.0 Å². The number of carbonyl (C=O) groups is 2. The molecule has 1 saturated heterocycles. The molecule has 192 valence electrons. The van der Waals surface area contributed by atoms with Crippen molar-refractivity contribution in [2.24, 2.45) is 0 Å². The predicted molar refractivity (Wildman–Crippen MR) is 138 cm³/mol. The van der Waals surface area contributed by atoms with E-state index >= 15 is 0 Å². The van der Waals surface area contributed by atoms with Crippen LogP contribution in [0.5, 0.6) is 0 Å². The lowest BCUT2D eigenvalue weighted by Crippen LogP contribution is -2.54. The Kier molecular flexibility index (Phi) is 6.78. The summed E-state index contributed by atoms with van der Waals surface area (Å²) in [5.74, 6) is 0.563. The number of carbonyl (C=O) groups excluding carboxylic acids is 1. The highest BCUT2D eigenvalue weighted by Crippen LogP contribution is 2.37. The van der Waals surface area contributed by atoms with Crippen molar-refractivity contribution >= 4 is 52.4 Å². The quantitative estimate of drug-likeness (QED) is 0.450. The number of hydrogen-bond donors (Lipinski definition) is 2. The van der Waals surface area contributed by atoms with Crippen molar-refractivity contribution in [1.29, 1.82) is 0 Å². The number of benzene rings is 1. The van der Waals surface area contributed by atoms with E-state index < -0.39 is 23.3 Å². The van der Waals surface area contributed by atoms with Gasteiger partial charge in [0, 0.05) is 24.2 Å². The van der Waals surface area contributed by atoms with Gasteiger partial charge in [0.25, 0.3) is 0 Å². The van der Waals surface area contributed by atoms with Crippen molar-refractivity contribution in [2.45, 2.75) is 58.6 Å². The second-order valence-electron chi connectivity index (χ2n) is 10.1. The molecule has 0 atom stereocenters. The van der Waals surface area contributed by atoms with Crippen LogP contribution in [0.4, 0.5) is 15.4 Å². The third kappa shape index (κ3) is 5.19. The molecule has 4 rings (SSSR count). The summed E-state index contributed by atoms with van der Waals surface area (Å²) in [6.07, 6.45) is -0.449. The van der Waals surface area contributed by atoms with Crippen LogP contribution in [0.3, 0.4) is 0 Å². The van der Waals surface area contributed by atoms with Gasteiger partial charge < -0.3 is 20.1 Å². The fourth-order valence-electron chi connectivity index (χ4n) is 4.19. The van der Waals surface area contributed by atoms with Crippen LogP contribution in [0.15, 0.2) is 18.2 Å². The molecule has 2 N–H and O–H groups in total. The highest BCUT2D eigenvalue weighted by Gasteiger charge is 2.34. The molecule has 0 aliphatic carbocycles. The van der Waals surface area contributed by atoms with Crippen LogP contribution in [0.1, 0.15) is 46.2 Å². The molecule has 10 nitrogen and oxygen atoms in total. The number of carboxylic acid groups (broad SMARTS) is 1. The van der Waals surface area contributed by atoms with Crippen LogP contribution in [0.2, 0.25) is 10.0 Å². The summed E-state index contributed by atoms with van der Waals surface area (Å²) in [6, 6.07) is 5.05. The maximum absolute atomic E-state index is 12.3. The first kappa shape index (κ1) is 26.0. The average molecular weight is 535 g/mol. The van der Waals surface area contributed by atoms with E-state index in [4.69, 9.17) is 27.9 Å². The molecular formula is C24H28Cl2N6O4. The number of nitrogens with one attached hydrogen (secondary N) is 1. The van der Waals surface area contributed by atoms with Gasteiger partial charge in [-0.3, -0.25) is 0 Å². The zero-order valence-corrected chi connectivity index (χ0v) is 22.2. The molecule has 0 spiro atoms. The summed E-state index contributed by atoms with van der Waals surface area (Å²) in [5.41, 5.74) is 0.780. The Morgan fingerprint density at radius 2 is 1.83 bits per heavy atom. The molecule has 0 unspecified atom stereocenters. The van der Waals surface area contributed by atoms with E-state index in [-0.39, 0.29) is 16.4 Å². The largest absolute Gasteiger partial charge is 0.463 e. The van der Waals surface area contributed by atoms with Crippen molar-refractivity contribution < 1.29 is 19.4 Å². The number of rotatable bonds is 3. The van der Waals surface area contributed by atoms with Gasteiger partial charge in [0.1, 0.15) is 16.8 Å². The van der Waals surface area contributed by atoms with Gasteiger partial charge in [0.15, 0.2) is 11.5 Å². The van der Waals surface area contributed by atoms with Gasteiger partial charge in [-0.15, -0.1) is 4.68 Å². The number of fused-ring (bicyclic) bond motifs is 1. The number of aryl methyl sites for hydroxylation is 1. The fraction of sp³-hybridized carbons (Fsp3) is 0.458. The predicted octanol–water partition coefficient (Wildman–Crippen LogP) is 5.52. The van der Waals surface area contributed by atoms with Crippen LogP contribution < -0.4 is 10.2 Å². The average Bonchev–Trinajstić information content (AvgIpc) is 3.12. The number of amides is 1. The van der Waals surface area contributed by atoms with Crippen molar-refractivity contribution in [3.05, 3.63) is 33.9 Å². The van der Waals surface area contributed by atoms with Crippen molar-refractivity contribution in [1.82, 2.24) is 25.1 Å². The molecule has 36 heavy (non-hydrogen) atoms. The Hall–Kier alpha value is -3.11. The topological polar surface area (TPSA) is 122 Å². The molecule has 0 saturated carbocycles. The number of halogens is 2. The highest BCUT2D eigenvalue weighted by atomic mass is 35.5. The second-order valence-corrected chi connectivity index (χ2v) is 10.9. The number of nitrogens with zero attached hydrogens (tertiary/aromatic N) is 5. The van der Waals surface area contributed by atoms with Gasteiger partial charge >= 0.3 is 12.2 Å². The Morgan fingerprint density at radius 1 is 1.17 bits per heavy atom. The lowest BCUT2D eigenvalue weighted by atomic mass is 9.89. The lowest BCUT2D eigenvalue weighted by Gasteiger charge is -2.40. The first-order valence-electron chi connectivity index (χ1n) is 11.5. The Morgan fingerprint density at radius 3 is 2.44 bits per heavy atom. The molecule has 1 aliphatic heterocycles. The molecule has 12 heteroatoms. The highest BCUT2D eigenvalue weighted by molar-refractivity contribution is 6.43. The van der Waals surface area contributed by atoms with Gasteiger partial charge in [-0.05, 0) is 53.5 Å². The zero-order chi connectivity index (χ0) is 26.4. The summed E-state index contributed by atoms with van der Waals surface area (Å²) in [5, 5.41) is 17.6. The molecule has 3 aromatic rings. The van der Waals surface area contributed by atoms with Crippen LogP contribution in [0, 0.1) is 6.92 Å². The third-order valence-electron chi connectivity index (χ3n) is 6.01. The lowest BCUT2D eigenvalue weighted by molar-refractivity contribution is 0.0448. The molecule has 1 aliphatic rings. The summed E-state index contributed by atoms with van der Waals surface area (Å²) in [4.78, 5) is 35.7. The van der Waals surface area contributed by atoms with Gasteiger partial charge in [0.2, 0.25) is 0 Å². The summed E-state index contributed by atoms with van der Waals surface area (Å²) < 4.78 is 6.21. The first-order chi connectivity index (χ1) is 16.8. The van der Waals surface area contributed by atoms with Crippen LogP contribution in [-0.4, -0.2) is 61.3 Å². The monoisotopic (exact) mass is 534 g/mol. The SMILES string of the molecule is Cc1nc2c(-c3cccc(Cl)c3Cl)nn(C(=O)O)c2nc1N1CCC(C)(NC(=O)OC(C)(C)C)CC1. The van der Waals surface area contributed by atoms with E-state index in [1.165, 1.54) is 0 Å². The van der Waals surface area contributed by atoms with Gasteiger partial charge in [-0.25, -0.2) is 19.6 Å². The minimum absolute atomic E-state index is 0.106. The molecule has 0 radical (unpaired) electrons. The normalized spacial score (nSPS) is 15.7. The molecular weight excluding hydrogens is 507 g/mol. The maximum Gasteiger partial charge on any atom is 0.434 e. The summed E-state index contributed by atoms with van der Waals surface area (Å²) in [6.45, 7) is 10.4. The standard InChI is InChI=1S/C24H28Cl2N6O4/c1-13-19(31-11-9-24(5,10-12-31)29-21(33)36-23(2,3)4)28-20-18(27-13)17(30-32(20)22(34)35)14-7-6-8-15(25)16(14)26/h6-8H,9-12H2,1-5H3,(H,29,33)(H,34,35). The Balaban J connectivity index is 1.64. The number of aromatic nitrogens is 4.